The van der Waals surface area contributed by atoms with Crippen LogP contribution in [-0.4, -0.2) is 16.9 Å². The molecule has 1 aliphatic rings. The van der Waals surface area contributed by atoms with Gasteiger partial charge in [0.25, 0.3) is 5.91 Å². The topological polar surface area (TPSA) is 62.0 Å². The molecule has 1 aromatic heterocycles. The molecular formula is C20H21ClN2O2. The Bertz CT molecular complexity index is 868. The van der Waals surface area contributed by atoms with Gasteiger partial charge in [-0.1, -0.05) is 24.6 Å². The maximum atomic E-state index is 12.3. The molecule has 0 saturated carbocycles. The first-order valence-corrected chi connectivity index (χ1v) is 8.80. The average molecular weight is 357 g/mol. The molecule has 0 spiro atoms. The lowest BCUT2D eigenvalue weighted by molar-refractivity contribution is 0.0940. The minimum absolute atomic E-state index is 0.0877. The van der Waals surface area contributed by atoms with Crippen molar-refractivity contribution in [3.05, 3.63) is 74.2 Å². The predicted molar refractivity (Wildman–Crippen MR) is 101 cm³/mol. The number of carbonyl (C=O) groups excluding carboxylic acids is 1. The van der Waals surface area contributed by atoms with Gasteiger partial charge in [-0.05, 0) is 67.2 Å². The molecule has 0 aliphatic heterocycles. The van der Waals surface area contributed by atoms with E-state index in [0.29, 0.717) is 22.9 Å². The van der Waals surface area contributed by atoms with E-state index in [1.807, 2.05) is 13.0 Å². The summed E-state index contributed by atoms with van der Waals surface area (Å²) in [6.45, 7) is 4.10. The van der Waals surface area contributed by atoms with Gasteiger partial charge in [-0.3, -0.25) is 9.59 Å². The van der Waals surface area contributed by atoms with Crippen molar-refractivity contribution in [1.82, 2.24) is 10.3 Å². The minimum atomic E-state index is -0.142. The van der Waals surface area contributed by atoms with E-state index < -0.39 is 0 Å². The van der Waals surface area contributed by atoms with E-state index in [1.54, 1.807) is 30.3 Å². The second-order valence-corrected chi connectivity index (χ2v) is 7.11. The van der Waals surface area contributed by atoms with Crippen molar-refractivity contribution >= 4 is 23.6 Å². The number of benzene rings is 1. The highest BCUT2D eigenvalue weighted by Crippen LogP contribution is 2.24. The standard InChI is InChI=1S/C20H21ClN2O2/c1-12-3-8-18-17(9-12)15(11-19(24)23-18)10-13(2)22-20(25)14-4-6-16(21)7-5-14/h3-8,11-13H,9-10H2,1-2H3,(H,22,25)(H,23,24). The molecule has 4 nitrogen and oxygen atoms in total. The molecule has 2 N–H and O–H groups in total. The predicted octanol–water partition coefficient (Wildman–Crippen LogP) is 3.59. The monoisotopic (exact) mass is 356 g/mol. The first-order valence-electron chi connectivity index (χ1n) is 8.42. The maximum absolute atomic E-state index is 12.3. The quantitative estimate of drug-likeness (QED) is 0.879. The zero-order chi connectivity index (χ0) is 18.0. The van der Waals surface area contributed by atoms with Crippen LogP contribution in [0.25, 0.3) is 6.08 Å². The molecule has 2 unspecified atom stereocenters. The number of carbonyl (C=O) groups is 1. The Balaban J connectivity index is 1.75. The Labute approximate surface area is 151 Å². The lowest BCUT2D eigenvalue weighted by atomic mass is 9.88. The summed E-state index contributed by atoms with van der Waals surface area (Å²) in [6.07, 6.45) is 5.60. The number of pyridine rings is 1. The summed E-state index contributed by atoms with van der Waals surface area (Å²) < 4.78 is 0. The Morgan fingerprint density at radius 2 is 2.08 bits per heavy atom. The molecule has 1 heterocycles. The van der Waals surface area contributed by atoms with Crippen molar-refractivity contribution in [2.75, 3.05) is 0 Å². The number of halogens is 1. The van der Waals surface area contributed by atoms with Crippen LogP contribution in [0.3, 0.4) is 0 Å². The number of rotatable bonds is 4. The lowest BCUT2D eigenvalue weighted by Crippen LogP contribution is -2.34. The van der Waals surface area contributed by atoms with Gasteiger partial charge in [-0.2, -0.15) is 0 Å². The Morgan fingerprint density at radius 3 is 2.80 bits per heavy atom. The SMILES string of the molecule is CC1C=Cc2[nH]c(=O)cc(CC(C)NC(=O)c3ccc(Cl)cc3)c2C1. The van der Waals surface area contributed by atoms with E-state index >= 15 is 0 Å². The second-order valence-electron chi connectivity index (χ2n) is 6.68. The van der Waals surface area contributed by atoms with Crippen LogP contribution in [0, 0.1) is 5.92 Å². The average Bonchev–Trinajstić information content (AvgIpc) is 2.56. The fraction of sp³-hybridized carbons (Fsp3) is 0.300. The molecule has 5 heteroatoms. The molecule has 130 valence electrons. The zero-order valence-electron chi connectivity index (χ0n) is 14.3. The molecule has 0 bridgehead atoms. The Kier molecular flexibility index (Phi) is 5.09. The third kappa shape index (κ3) is 4.20. The summed E-state index contributed by atoms with van der Waals surface area (Å²) in [5.74, 6) is 0.298. The summed E-state index contributed by atoms with van der Waals surface area (Å²) in [4.78, 5) is 27.1. The van der Waals surface area contributed by atoms with Crippen LogP contribution in [0.15, 0.2) is 41.2 Å². The lowest BCUT2D eigenvalue weighted by Gasteiger charge is -2.21. The first-order chi connectivity index (χ1) is 11.9. The van der Waals surface area contributed by atoms with Gasteiger partial charge in [0.1, 0.15) is 0 Å². The van der Waals surface area contributed by atoms with Crippen molar-refractivity contribution in [1.29, 1.82) is 0 Å². The fourth-order valence-corrected chi connectivity index (χ4v) is 3.29. The molecule has 1 aliphatic carbocycles. The number of hydrogen-bond donors (Lipinski definition) is 2. The number of aromatic amines is 1. The van der Waals surface area contributed by atoms with Gasteiger partial charge in [0.2, 0.25) is 5.56 Å². The number of amides is 1. The summed E-state index contributed by atoms with van der Waals surface area (Å²) >= 11 is 5.85. The van der Waals surface area contributed by atoms with E-state index in [2.05, 4.69) is 23.3 Å². The molecule has 1 aromatic carbocycles. The van der Waals surface area contributed by atoms with E-state index in [-0.39, 0.29) is 17.5 Å². The smallest absolute Gasteiger partial charge is 0.251 e. The molecule has 25 heavy (non-hydrogen) atoms. The van der Waals surface area contributed by atoms with Gasteiger partial charge in [-0.25, -0.2) is 0 Å². The zero-order valence-corrected chi connectivity index (χ0v) is 15.1. The van der Waals surface area contributed by atoms with Crippen LogP contribution in [0.1, 0.15) is 41.0 Å². The van der Waals surface area contributed by atoms with Gasteiger partial charge >= 0.3 is 0 Å². The van der Waals surface area contributed by atoms with Crippen molar-refractivity contribution in [2.24, 2.45) is 5.92 Å². The highest BCUT2D eigenvalue weighted by atomic mass is 35.5. The minimum Gasteiger partial charge on any atom is -0.349 e. The highest BCUT2D eigenvalue weighted by Gasteiger charge is 2.18. The second kappa shape index (κ2) is 7.28. The molecule has 2 aromatic rings. The summed E-state index contributed by atoms with van der Waals surface area (Å²) in [7, 11) is 0. The van der Waals surface area contributed by atoms with Gasteiger partial charge in [-0.15, -0.1) is 0 Å². The number of nitrogens with one attached hydrogen (secondary N) is 2. The van der Waals surface area contributed by atoms with Crippen molar-refractivity contribution in [3.8, 4) is 0 Å². The Morgan fingerprint density at radius 1 is 1.36 bits per heavy atom. The van der Waals surface area contributed by atoms with E-state index in [1.165, 1.54) is 5.56 Å². The largest absolute Gasteiger partial charge is 0.349 e. The van der Waals surface area contributed by atoms with Gasteiger partial charge in [0, 0.05) is 28.4 Å². The third-order valence-electron chi connectivity index (χ3n) is 4.40. The number of fused-ring (bicyclic) bond motifs is 1. The molecule has 0 saturated heterocycles. The number of allylic oxidation sites excluding steroid dienone is 1. The van der Waals surface area contributed by atoms with E-state index in [0.717, 1.165) is 17.7 Å². The molecule has 1 amide bonds. The third-order valence-corrected chi connectivity index (χ3v) is 4.66. The number of H-pyrrole nitrogens is 1. The van der Waals surface area contributed by atoms with E-state index in [4.69, 9.17) is 11.6 Å². The van der Waals surface area contributed by atoms with Crippen LogP contribution in [-0.2, 0) is 12.8 Å². The summed E-state index contributed by atoms with van der Waals surface area (Å²) in [5, 5.41) is 3.59. The van der Waals surface area contributed by atoms with Crippen molar-refractivity contribution in [3.63, 3.8) is 0 Å². The van der Waals surface area contributed by atoms with Crippen molar-refractivity contribution < 1.29 is 4.79 Å². The molecule has 0 fully saturated rings. The normalized spacial score (nSPS) is 17.0. The fourth-order valence-electron chi connectivity index (χ4n) is 3.17. The number of aromatic nitrogens is 1. The highest BCUT2D eigenvalue weighted by molar-refractivity contribution is 6.30. The first kappa shape index (κ1) is 17.5. The summed E-state index contributed by atoms with van der Waals surface area (Å²) in [6, 6.07) is 8.35. The molecule has 2 atom stereocenters. The van der Waals surface area contributed by atoms with Crippen LogP contribution in [0.5, 0.6) is 0 Å². The Hall–Kier alpha value is -2.33. The van der Waals surface area contributed by atoms with Gasteiger partial charge in [0.15, 0.2) is 0 Å². The van der Waals surface area contributed by atoms with Crippen LogP contribution in [0.2, 0.25) is 5.02 Å². The number of hydrogen-bond acceptors (Lipinski definition) is 2. The maximum Gasteiger partial charge on any atom is 0.251 e. The van der Waals surface area contributed by atoms with Crippen molar-refractivity contribution in [2.45, 2.75) is 32.7 Å². The van der Waals surface area contributed by atoms with Crippen LogP contribution in [0.4, 0.5) is 0 Å². The van der Waals surface area contributed by atoms with Crippen LogP contribution < -0.4 is 10.9 Å². The van der Waals surface area contributed by atoms with Gasteiger partial charge < -0.3 is 10.3 Å². The summed E-state index contributed by atoms with van der Waals surface area (Å²) in [5.41, 5.74) is 3.52. The van der Waals surface area contributed by atoms with E-state index in [9.17, 15) is 9.59 Å². The van der Waals surface area contributed by atoms with Gasteiger partial charge in [0.05, 0.1) is 0 Å². The molecular weight excluding hydrogens is 336 g/mol. The van der Waals surface area contributed by atoms with Crippen LogP contribution >= 0.6 is 11.6 Å². The molecule has 3 rings (SSSR count). The molecule has 0 radical (unpaired) electrons.